The second-order valence-electron chi connectivity index (χ2n) is 7.83. The average Bonchev–Trinajstić information content (AvgIpc) is 2.89. The lowest BCUT2D eigenvalue weighted by atomic mass is 10.1. The maximum atomic E-state index is 13.3. The van der Waals surface area contributed by atoms with E-state index in [1.54, 1.807) is 21.9 Å². The summed E-state index contributed by atoms with van der Waals surface area (Å²) in [5.74, 6) is 0.331. The van der Waals surface area contributed by atoms with Gasteiger partial charge >= 0.3 is 0 Å². The van der Waals surface area contributed by atoms with Gasteiger partial charge in [-0.1, -0.05) is 49.4 Å². The van der Waals surface area contributed by atoms with E-state index in [2.05, 4.69) is 0 Å². The van der Waals surface area contributed by atoms with E-state index < -0.39 is 0 Å². The SMILES string of the molecule is Cc1cccc(OCCN2C(=O)C(C)CN(C(=O)c3ccccc3)c3ccccc32)c1. The smallest absolute Gasteiger partial charge is 0.258 e. The van der Waals surface area contributed by atoms with Crippen molar-refractivity contribution in [2.75, 3.05) is 29.5 Å². The van der Waals surface area contributed by atoms with E-state index in [1.165, 1.54) is 0 Å². The number of ether oxygens (including phenoxy) is 1. The zero-order valence-electron chi connectivity index (χ0n) is 17.8. The third-order valence-corrected chi connectivity index (χ3v) is 5.45. The molecule has 0 radical (unpaired) electrons. The molecule has 0 aromatic heterocycles. The van der Waals surface area contributed by atoms with E-state index in [-0.39, 0.29) is 17.7 Å². The van der Waals surface area contributed by atoms with Gasteiger partial charge in [0.2, 0.25) is 5.91 Å². The molecule has 5 nitrogen and oxygen atoms in total. The van der Waals surface area contributed by atoms with Crippen molar-refractivity contribution in [2.24, 2.45) is 5.92 Å². The molecule has 1 atom stereocenters. The highest BCUT2D eigenvalue weighted by Crippen LogP contribution is 2.35. The van der Waals surface area contributed by atoms with Crippen molar-refractivity contribution in [3.8, 4) is 5.75 Å². The molecule has 2 amide bonds. The Morgan fingerprint density at radius 2 is 1.68 bits per heavy atom. The van der Waals surface area contributed by atoms with E-state index in [9.17, 15) is 9.59 Å². The van der Waals surface area contributed by atoms with E-state index in [0.717, 1.165) is 22.7 Å². The molecular formula is C26H26N2O3. The summed E-state index contributed by atoms with van der Waals surface area (Å²) < 4.78 is 5.90. The van der Waals surface area contributed by atoms with Gasteiger partial charge in [0.15, 0.2) is 0 Å². The number of nitrogens with zero attached hydrogens (tertiary/aromatic N) is 2. The molecule has 1 aliphatic heterocycles. The van der Waals surface area contributed by atoms with Crippen LogP contribution in [0.5, 0.6) is 5.75 Å². The fourth-order valence-corrected chi connectivity index (χ4v) is 3.88. The van der Waals surface area contributed by atoms with Gasteiger partial charge < -0.3 is 14.5 Å². The van der Waals surface area contributed by atoms with Gasteiger partial charge in [-0.2, -0.15) is 0 Å². The molecule has 0 bridgehead atoms. The molecule has 5 heteroatoms. The Balaban J connectivity index is 1.61. The van der Waals surface area contributed by atoms with Crippen LogP contribution in [0.25, 0.3) is 0 Å². The topological polar surface area (TPSA) is 49.9 Å². The van der Waals surface area contributed by atoms with Crippen LogP contribution in [0.2, 0.25) is 0 Å². The highest BCUT2D eigenvalue weighted by molar-refractivity contribution is 6.11. The van der Waals surface area contributed by atoms with Crippen LogP contribution in [0.4, 0.5) is 11.4 Å². The zero-order chi connectivity index (χ0) is 21.8. The van der Waals surface area contributed by atoms with Gasteiger partial charge in [-0.3, -0.25) is 9.59 Å². The van der Waals surface area contributed by atoms with E-state index in [1.807, 2.05) is 80.6 Å². The van der Waals surface area contributed by atoms with Crippen molar-refractivity contribution < 1.29 is 14.3 Å². The average molecular weight is 415 g/mol. The maximum Gasteiger partial charge on any atom is 0.258 e. The third kappa shape index (κ3) is 4.45. The number of carbonyl (C=O) groups excluding carboxylic acids is 2. The van der Waals surface area contributed by atoms with Crippen molar-refractivity contribution in [3.63, 3.8) is 0 Å². The largest absolute Gasteiger partial charge is 0.492 e. The second-order valence-corrected chi connectivity index (χ2v) is 7.83. The lowest BCUT2D eigenvalue weighted by Gasteiger charge is -2.25. The molecule has 0 spiro atoms. The number of hydrogen-bond donors (Lipinski definition) is 0. The maximum absolute atomic E-state index is 13.3. The van der Waals surface area contributed by atoms with Gasteiger partial charge in [-0.05, 0) is 48.9 Å². The number of benzene rings is 3. The third-order valence-electron chi connectivity index (χ3n) is 5.45. The number of rotatable bonds is 5. The lowest BCUT2D eigenvalue weighted by molar-refractivity contribution is -0.121. The Bertz CT molecular complexity index is 1080. The van der Waals surface area contributed by atoms with Crippen LogP contribution in [-0.2, 0) is 4.79 Å². The van der Waals surface area contributed by atoms with E-state index in [4.69, 9.17) is 4.74 Å². The molecular weight excluding hydrogens is 388 g/mol. The molecule has 31 heavy (non-hydrogen) atoms. The summed E-state index contributed by atoms with van der Waals surface area (Å²) >= 11 is 0. The number of fused-ring (bicyclic) bond motifs is 1. The van der Waals surface area contributed by atoms with Gasteiger partial charge in [0.25, 0.3) is 5.91 Å². The van der Waals surface area contributed by atoms with E-state index >= 15 is 0 Å². The van der Waals surface area contributed by atoms with Crippen LogP contribution in [0.3, 0.4) is 0 Å². The van der Waals surface area contributed by atoms with Crippen molar-refractivity contribution >= 4 is 23.2 Å². The summed E-state index contributed by atoms with van der Waals surface area (Å²) in [5, 5.41) is 0. The molecule has 3 aromatic rings. The number of para-hydroxylation sites is 2. The van der Waals surface area contributed by atoms with Crippen molar-refractivity contribution in [1.29, 1.82) is 0 Å². The minimum atomic E-state index is -0.334. The Kier molecular flexibility index (Phi) is 6.03. The molecule has 0 aliphatic carbocycles. The lowest BCUT2D eigenvalue weighted by Crippen LogP contribution is -2.39. The predicted octanol–water partition coefficient (Wildman–Crippen LogP) is 4.70. The molecule has 0 saturated carbocycles. The molecule has 0 N–H and O–H groups in total. The first-order valence-electron chi connectivity index (χ1n) is 10.5. The highest BCUT2D eigenvalue weighted by atomic mass is 16.5. The van der Waals surface area contributed by atoms with Crippen LogP contribution in [-0.4, -0.2) is 31.5 Å². The van der Waals surface area contributed by atoms with Crippen LogP contribution in [0.1, 0.15) is 22.8 Å². The first-order chi connectivity index (χ1) is 15.0. The Morgan fingerprint density at radius 3 is 2.42 bits per heavy atom. The number of aryl methyl sites for hydroxylation is 1. The van der Waals surface area contributed by atoms with Crippen molar-refractivity contribution in [3.05, 3.63) is 90.0 Å². The second kappa shape index (κ2) is 9.04. The Morgan fingerprint density at radius 1 is 0.968 bits per heavy atom. The fraction of sp³-hybridized carbons (Fsp3) is 0.231. The normalized spacial score (nSPS) is 15.9. The first-order valence-corrected chi connectivity index (χ1v) is 10.5. The standard InChI is InChI=1S/C26H26N2O3/c1-19-9-8-12-22(17-19)31-16-15-27-23-13-6-7-14-24(23)28(18-20(2)25(27)29)26(30)21-10-4-3-5-11-21/h3-14,17,20H,15-16,18H2,1-2H3. The molecule has 158 valence electrons. The van der Waals surface area contributed by atoms with Gasteiger partial charge in [0.1, 0.15) is 12.4 Å². The monoisotopic (exact) mass is 414 g/mol. The van der Waals surface area contributed by atoms with Crippen LogP contribution >= 0.6 is 0 Å². The Labute approximate surface area is 182 Å². The molecule has 1 heterocycles. The quantitative estimate of drug-likeness (QED) is 0.608. The van der Waals surface area contributed by atoms with Gasteiger partial charge in [0, 0.05) is 12.1 Å². The number of anilines is 2. The van der Waals surface area contributed by atoms with Crippen molar-refractivity contribution in [2.45, 2.75) is 13.8 Å². The van der Waals surface area contributed by atoms with Gasteiger partial charge in [-0.25, -0.2) is 0 Å². The van der Waals surface area contributed by atoms with Crippen LogP contribution in [0, 0.1) is 12.8 Å². The fourth-order valence-electron chi connectivity index (χ4n) is 3.88. The van der Waals surface area contributed by atoms with Gasteiger partial charge in [0.05, 0.1) is 23.8 Å². The minimum absolute atomic E-state index is 0.0105. The molecule has 1 unspecified atom stereocenters. The zero-order valence-corrected chi connectivity index (χ0v) is 17.8. The summed E-state index contributed by atoms with van der Waals surface area (Å²) in [6.45, 7) is 4.98. The summed E-state index contributed by atoms with van der Waals surface area (Å²) in [4.78, 5) is 30.0. The molecule has 1 aliphatic rings. The number of hydrogen-bond acceptors (Lipinski definition) is 3. The summed E-state index contributed by atoms with van der Waals surface area (Å²) in [7, 11) is 0. The van der Waals surface area contributed by atoms with Crippen LogP contribution < -0.4 is 14.5 Å². The predicted molar refractivity (Wildman–Crippen MR) is 123 cm³/mol. The molecule has 0 saturated heterocycles. The number of carbonyl (C=O) groups is 2. The summed E-state index contributed by atoms with van der Waals surface area (Å²) in [5.41, 5.74) is 3.20. The van der Waals surface area contributed by atoms with Crippen molar-refractivity contribution in [1.82, 2.24) is 0 Å². The minimum Gasteiger partial charge on any atom is -0.492 e. The first kappa shape index (κ1) is 20.7. The molecule has 0 fully saturated rings. The number of amides is 2. The molecule has 4 rings (SSSR count). The summed E-state index contributed by atoms with van der Waals surface area (Å²) in [6.07, 6.45) is 0. The summed E-state index contributed by atoms with van der Waals surface area (Å²) in [6, 6.07) is 24.6. The van der Waals surface area contributed by atoms with Crippen LogP contribution in [0.15, 0.2) is 78.9 Å². The van der Waals surface area contributed by atoms with E-state index in [0.29, 0.717) is 25.3 Å². The van der Waals surface area contributed by atoms with Gasteiger partial charge in [-0.15, -0.1) is 0 Å². The highest BCUT2D eigenvalue weighted by Gasteiger charge is 2.33. The Hall–Kier alpha value is -3.60. The molecule has 3 aromatic carbocycles.